The Morgan fingerprint density at radius 1 is 1.19 bits per heavy atom. The number of fused-ring (bicyclic) bond motifs is 1. The van der Waals surface area contributed by atoms with Gasteiger partial charge in [-0.1, -0.05) is 13.0 Å². The molecule has 21 heavy (non-hydrogen) atoms. The molecule has 0 spiro atoms. The van der Waals surface area contributed by atoms with Gasteiger partial charge in [-0.3, -0.25) is 4.79 Å². The lowest BCUT2D eigenvalue weighted by molar-refractivity contribution is 0.0696. The first kappa shape index (κ1) is 13.8. The molecule has 1 N–H and O–H groups in total. The van der Waals surface area contributed by atoms with E-state index in [4.69, 9.17) is 5.11 Å². The van der Waals surface area contributed by atoms with Gasteiger partial charge < -0.3 is 10.0 Å². The van der Waals surface area contributed by atoms with E-state index in [0.717, 1.165) is 22.4 Å². The number of thiophene rings is 1. The molecule has 1 aliphatic heterocycles. The fraction of sp³-hybridized carbons (Fsp3) is 0.250. The number of carboxylic acids is 1. The zero-order valence-corrected chi connectivity index (χ0v) is 12.4. The quantitative estimate of drug-likeness (QED) is 0.947. The number of hydrogen-bond donors (Lipinski definition) is 1. The van der Waals surface area contributed by atoms with E-state index in [1.54, 1.807) is 23.1 Å². The highest BCUT2D eigenvalue weighted by Crippen LogP contribution is 2.27. The van der Waals surface area contributed by atoms with Gasteiger partial charge in [0, 0.05) is 18.0 Å². The largest absolute Gasteiger partial charge is 0.478 e. The molecule has 0 fully saturated rings. The van der Waals surface area contributed by atoms with Gasteiger partial charge in [0.2, 0.25) is 0 Å². The zero-order valence-electron chi connectivity index (χ0n) is 11.6. The van der Waals surface area contributed by atoms with Crippen molar-refractivity contribution in [3.8, 4) is 0 Å². The SMILES string of the molecule is CCc1ccc(C(=O)N2Cc3ccc(C(=O)O)cc3C2)s1. The average Bonchev–Trinajstić information content (AvgIpc) is 3.11. The molecule has 108 valence electrons. The third-order valence-electron chi connectivity index (χ3n) is 3.68. The van der Waals surface area contributed by atoms with Crippen LogP contribution in [0, 0.1) is 0 Å². The van der Waals surface area contributed by atoms with Gasteiger partial charge in [0.25, 0.3) is 5.91 Å². The summed E-state index contributed by atoms with van der Waals surface area (Å²) >= 11 is 1.53. The number of carboxylic acid groups (broad SMARTS) is 1. The van der Waals surface area contributed by atoms with Crippen LogP contribution in [0.25, 0.3) is 0 Å². The molecule has 3 rings (SSSR count). The second kappa shape index (κ2) is 5.33. The van der Waals surface area contributed by atoms with Crippen LogP contribution in [-0.2, 0) is 19.5 Å². The van der Waals surface area contributed by atoms with Crippen LogP contribution in [0.3, 0.4) is 0 Å². The molecule has 2 aromatic rings. The van der Waals surface area contributed by atoms with Gasteiger partial charge in [-0.05, 0) is 41.8 Å². The maximum atomic E-state index is 12.5. The summed E-state index contributed by atoms with van der Waals surface area (Å²) in [6.45, 7) is 3.10. The summed E-state index contributed by atoms with van der Waals surface area (Å²) in [5.74, 6) is -0.916. The van der Waals surface area contributed by atoms with Crippen molar-refractivity contribution in [3.63, 3.8) is 0 Å². The van der Waals surface area contributed by atoms with Crippen LogP contribution in [0.15, 0.2) is 30.3 Å². The van der Waals surface area contributed by atoms with Crippen molar-refractivity contribution in [1.29, 1.82) is 0 Å². The second-order valence-corrected chi connectivity index (χ2v) is 6.24. The summed E-state index contributed by atoms with van der Waals surface area (Å²) in [5.41, 5.74) is 2.23. The van der Waals surface area contributed by atoms with Crippen molar-refractivity contribution in [3.05, 3.63) is 56.8 Å². The number of benzene rings is 1. The van der Waals surface area contributed by atoms with E-state index >= 15 is 0 Å². The topological polar surface area (TPSA) is 57.6 Å². The van der Waals surface area contributed by atoms with Gasteiger partial charge in [0.05, 0.1) is 10.4 Å². The van der Waals surface area contributed by atoms with Crippen molar-refractivity contribution < 1.29 is 14.7 Å². The third-order valence-corrected chi connectivity index (χ3v) is 4.90. The van der Waals surface area contributed by atoms with Crippen LogP contribution in [0.1, 0.15) is 43.0 Å². The molecular weight excluding hydrogens is 286 g/mol. The lowest BCUT2D eigenvalue weighted by Gasteiger charge is -2.13. The minimum Gasteiger partial charge on any atom is -0.478 e. The molecule has 1 aliphatic rings. The molecule has 1 amide bonds. The fourth-order valence-electron chi connectivity index (χ4n) is 2.51. The summed E-state index contributed by atoms with van der Waals surface area (Å²) in [4.78, 5) is 27.2. The Balaban J connectivity index is 1.80. The van der Waals surface area contributed by atoms with Crippen LogP contribution >= 0.6 is 11.3 Å². The maximum Gasteiger partial charge on any atom is 0.335 e. The van der Waals surface area contributed by atoms with E-state index in [1.165, 1.54) is 16.2 Å². The normalized spacial score (nSPS) is 13.3. The number of rotatable bonds is 3. The number of amides is 1. The summed E-state index contributed by atoms with van der Waals surface area (Å²) in [7, 11) is 0. The second-order valence-electron chi connectivity index (χ2n) is 5.07. The molecule has 4 nitrogen and oxygen atoms in total. The van der Waals surface area contributed by atoms with Gasteiger partial charge in [0.15, 0.2) is 0 Å². The molecule has 5 heteroatoms. The van der Waals surface area contributed by atoms with Crippen LogP contribution in [0.2, 0.25) is 0 Å². The highest BCUT2D eigenvalue weighted by atomic mass is 32.1. The summed E-state index contributed by atoms with van der Waals surface area (Å²) < 4.78 is 0. The summed E-state index contributed by atoms with van der Waals surface area (Å²) in [5, 5.41) is 9.02. The lowest BCUT2D eigenvalue weighted by Crippen LogP contribution is -2.24. The van der Waals surface area contributed by atoms with E-state index in [-0.39, 0.29) is 11.5 Å². The molecule has 1 aromatic carbocycles. The molecule has 0 atom stereocenters. The number of carbonyl (C=O) groups excluding carboxylic acids is 1. The fourth-order valence-corrected chi connectivity index (χ4v) is 3.43. The number of aryl methyl sites for hydroxylation is 1. The first-order valence-corrected chi connectivity index (χ1v) is 7.63. The standard InChI is InChI=1S/C16H15NO3S/c1-2-13-5-6-14(21-13)15(18)17-8-11-4-3-10(16(19)20)7-12(11)9-17/h3-7H,2,8-9H2,1H3,(H,19,20). The van der Waals surface area contributed by atoms with E-state index in [1.807, 2.05) is 12.1 Å². The molecule has 0 bridgehead atoms. The van der Waals surface area contributed by atoms with Crippen LogP contribution in [0.4, 0.5) is 0 Å². The van der Waals surface area contributed by atoms with Crippen LogP contribution < -0.4 is 0 Å². The Hall–Kier alpha value is -2.14. The number of hydrogen-bond acceptors (Lipinski definition) is 3. The summed E-state index contributed by atoms with van der Waals surface area (Å²) in [6.07, 6.45) is 0.931. The van der Waals surface area contributed by atoms with Crippen molar-refractivity contribution in [2.75, 3.05) is 0 Å². The Morgan fingerprint density at radius 3 is 2.62 bits per heavy atom. The predicted octanol–water partition coefficient (Wildman–Crippen LogP) is 3.16. The highest BCUT2D eigenvalue weighted by molar-refractivity contribution is 7.14. The van der Waals surface area contributed by atoms with Crippen molar-refractivity contribution in [2.24, 2.45) is 0 Å². The maximum absolute atomic E-state index is 12.5. The number of aromatic carboxylic acids is 1. The molecule has 0 radical (unpaired) electrons. The zero-order chi connectivity index (χ0) is 15.0. The van der Waals surface area contributed by atoms with Crippen LogP contribution in [-0.4, -0.2) is 21.9 Å². The van der Waals surface area contributed by atoms with Crippen molar-refractivity contribution in [1.82, 2.24) is 4.90 Å². The Kier molecular flexibility index (Phi) is 3.51. The van der Waals surface area contributed by atoms with Gasteiger partial charge >= 0.3 is 5.97 Å². The van der Waals surface area contributed by atoms with Gasteiger partial charge in [-0.15, -0.1) is 11.3 Å². The van der Waals surface area contributed by atoms with E-state index in [9.17, 15) is 9.59 Å². The van der Waals surface area contributed by atoms with Crippen molar-refractivity contribution >= 4 is 23.2 Å². The van der Waals surface area contributed by atoms with Gasteiger partial charge in [-0.2, -0.15) is 0 Å². The van der Waals surface area contributed by atoms with Crippen LogP contribution in [0.5, 0.6) is 0 Å². The monoisotopic (exact) mass is 301 g/mol. The third kappa shape index (κ3) is 2.56. The van der Waals surface area contributed by atoms with E-state index in [2.05, 4.69) is 6.92 Å². The van der Waals surface area contributed by atoms with Crippen molar-refractivity contribution in [2.45, 2.75) is 26.4 Å². The van der Waals surface area contributed by atoms with Gasteiger partial charge in [0.1, 0.15) is 0 Å². The lowest BCUT2D eigenvalue weighted by atomic mass is 10.1. The first-order chi connectivity index (χ1) is 10.1. The smallest absolute Gasteiger partial charge is 0.335 e. The molecule has 0 saturated heterocycles. The predicted molar refractivity (Wildman–Crippen MR) is 80.7 cm³/mol. The molecule has 0 saturated carbocycles. The first-order valence-electron chi connectivity index (χ1n) is 6.81. The van der Waals surface area contributed by atoms with E-state index < -0.39 is 5.97 Å². The molecule has 0 aliphatic carbocycles. The average molecular weight is 301 g/mol. The Morgan fingerprint density at radius 2 is 1.95 bits per heavy atom. The summed E-state index contributed by atoms with van der Waals surface area (Å²) in [6, 6.07) is 8.92. The minimum absolute atomic E-state index is 0.0211. The minimum atomic E-state index is -0.937. The molecular formula is C16H15NO3S. The number of nitrogens with zero attached hydrogens (tertiary/aromatic N) is 1. The highest BCUT2D eigenvalue weighted by Gasteiger charge is 2.25. The van der Waals surface area contributed by atoms with Gasteiger partial charge in [-0.25, -0.2) is 4.79 Å². The molecule has 1 aromatic heterocycles. The number of carbonyl (C=O) groups is 2. The Bertz CT molecular complexity index is 720. The Labute approximate surface area is 126 Å². The molecule has 0 unspecified atom stereocenters. The molecule has 2 heterocycles. The van der Waals surface area contributed by atoms with E-state index in [0.29, 0.717) is 13.1 Å².